The predicted octanol–water partition coefficient (Wildman–Crippen LogP) is 6.97. The zero-order chi connectivity index (χ0) is 22.4. The lowest BCUT2D eigenvalue weighted by atomic mass is 10.2. The summed E-state index contributed by atoms with van der Waals surface area (Å²) in [6, 6.07) is 19.4. The molecule has 2 aliphatic heterocycles. The van der Waals surface area contributed by atoms with Gasteiger partial charge in [0.1, 0.15) is 10.7 Å². The molecular weight excluding hydrogens is 465 g/mol. The number of anilines is 2. The van der Waals surface area contributed by atoms with Crippen molar-refractivity contribution in [1.82, 2.24) is 0 Å². The van der Waals surface area contributed by atoms with Gasteiger partial charge in [0, 0.05) is 17.0 Å². The topological polar surface area (TPSA) is 35.9 Å². The van der Waals surface area contributed by atoms with Crippen molar-refractivity contribution < 1.29 is 9.18 Å². The Morgan fingerprint density at radius 2 is 1.78 bits per heavy atom. The first-order valence-electron chi connectivity index (χ1n) is 9.79. The highest BCUT2D eigenvalue weighted by atomic mass is 35.5. The quantitative estimate of drug-likeness (QED) is 0.370. The van der Waals surface area contributed by atoms with Crippen LogP contribution in [0.2, 0.25) is 5.02 Å². The first-order chi connectivity index (χ1) is 15.4. The molecule has 0 spiro atoms. The molecule has 1 saturated heterocycles. The average Bonchev–Trinajstić information content (AvgIpc) is 3.26. The van der Waals surface area contributed by atoms with Gasteiger partial charge in [-0.05, 0) is 78.8 Å². The summed E-state index contributed by atoms with van der Waals surface area (Å²) in [5.41, 5.74) is 3.32. The second-order valence-electron chi connectivity index (χ2n) is 7.36. The van der Waals surface area contributed by atoms with E-state index in [0.717, 1.165) is 26.9 Å². The van der Waals surface area contributed by atoms with Crippen LogP contribution in [-0.2, 0) is 4.79 Å². The van der Waals surface area contributed by atoms with Gasteiger partial charge in [-0.15, -0.1) is 0 Å². The van der Waals surface area contributed by atoms with Gasteiger partial charge in [0.05, 0.1) is 22.1 Å². The van der Waals surface area contributed by atoms with E-state index in [1.165, 1.54) is 35.7 Å². The Labute approximate surface area is 198 Å². The molecule has 0 bridgehead atoms. The number of thioether (sulfide) groups is 2. The largest absolute Gasteiger partial charge is 0.337 e. The molecule has 0 N–H and O–H groups in total. The van der Waals surface area contributed by atoms with Crippen molar-refractivity contribution in [3.63, 3.8) is 0 Å². The molecule has 0 unspecified atom stereocenters. The van der Waals surface area contributed by atoms with E-state index in [1.54, 1.807) is 17.0 Å². The number of carbonyl (C=O) groups is 1. The summed E-state index contributed by atoms with van der Waals surface area (Å²) in [6.07, 6.45) is 0. The molecular formula is C24H17ClFN3OS2. The van der Waals surface area contributed by atoms with Gasteiger partial charge in [0.15, 0.2) is 5.17 Å². The molecule has 2 aliphatic rings. The lowest BCUT2D eigenvalue weighted by Gasteiger charge is -2.17. The van der Waals surface area contributed by atoms with E-state index in [9.17, 15) is 9.18 Å². The molecule has 0 aromatic heterocycles. The lowest BCUT2D eigenvalue weighted by Crippen LogP contribution is -2.29. The van der Waals surface area contributed by atoms with Crippen LogP contribution in [0.1, 0.15) is 5.56 Å². The van der Waals surface area contributed by atoms with E-state index in [0.29, 0.717) is 20.8 Å². The highest BCUT2D eigenvalue weighted by molar-refractivity contribution is 8.20. The van der Waals surface area contributed by atoms with Gasteiger partial charge in [0.2, 0.25) is 0 Å². The Morgan fingerprint density at radius 3 is 2.53 bits per heavy atom. The number of aryl methyl sites for hydroxylation is 1. The van der Waals surface area contributed by atoms with Crippen LogP contribution in [0.25, 0.3) is 0 Å². The van der Waals surface area contributed by atoms with E-state index in [-0.39, 0.29) is 11.7 Å². The second-order valence-corrected chi connectivity index (χ2v) is 9.80. The smallest absolute Gasteiger partial charge is 0.274 e. The summed E-state index contributed by atoms with van der Waals surface area (Å²) in [6.45, 7) is 1.98. The fourth-order valence-electron chi connectivity index (χ4n) is 3.52. The fourth-order valence-corrected chi connectivity index (χ4v) is 6.01. The van der Waals surface area contributed by atoms with Crippen LogP contribution in [0.15, 0.2) is 86.6 Å². The number of nitrogens with zero attached hydrogens (tertiary/aromatic N) is 3. The van der Waals surface area contributed by atoms with Crippen LogP contribution in [-0.4, -0.2) is 18.1 Å². The molecule has 3 aromatic carbocycles. The van der Waals surface area contributed by atoms with Gasteiger partial charge in [-0.25, -0.2) is 9.38 Å². The van der Waals surface area contributed by atoms with Crippen molar-refractivity contribution in [3.05, 3.63) is 93.1 Å². The van der Waals surface area contributed by atoms with Crippen LogP contribution in [0.3, 0.4) is 0 Å². The van der Waals surface area contributed by atoms with Crippen LogP contribution in [0.4, 0.5) is 21.5 Å². The Hall–Kier alpha value is -2.74. The van der Waals surface area contributed by atoms with E-state index in [4.69, 9.17) is 11.6 Å². The van der Waals surface area contributed by atoms with Crippen molar-refractivity contribution in [2.45, 2.75) is 11.8 Å². The maximum atomic E-state index is 13.7. The SMILES string of the molecule is Cc1cccc(N2C(=O)/C(=C3/Sc4ccc(Cl)cc4N3C)SC2=Nc2ccc(F)cc2)c1. The number of hydrogen-bond donors (Lipinski definition) is 0. The first-order valence-corrected chi connectivity index (χ1v) is 11.8. The zero-order valence-electron chi connectivity index (χ0n) is 17.2. The zero-order valence-corrected chi connectivity index (χ0v) is 19.6. The summed E-state index contributed by atoms with van der Waals surface area (Å²) >= 11 is 9.05. The molecule has 1 amide bonds. The molecule has 1 fully saturated rings. The molecule has 0 aliphatic carbocycles. The third-order valence-corrected chi connectivity index (χ3v) is 7.71. The van der Waals surface area contributed by atoms with E-state index in [2.05, 4.69) is 4.99 Å². The highest BCUT2D eigenvalue weighted by Gasteiger charge is 2.40. The first kappa shape index (κ1) is 21.1. The minimum absolute atomic E-state index is 0.144. The number of amides is 1. The molecule has 2 heterocycles. The number of halogens is 2. The number of aliphatic imine (C=N–C) groups is 1. The van der Waals surface area contributed by atoms with E-state index in [1.807, 2.05) is 61.3 Å². The second kappa shape index (κ2) is 8.31. The molecule has 160 valence electrons. The number of benzene rings is 3. The number of hydrogen-bond acceptors (Lipinski definition) is 5. The molecule has 4 nitrogen and oxygen atoms in total. The number of carbonyl (C=O) groups excluding carboxylic acids is 1. The highest BCUT2D eigenvalue weighted by Crippen LogP contribution is 2.51. The summed E-state index contributed by atoms with van der Waals surface area (Å²) in [7, 11) is 1.93. The van der Waals surface area contributed by atoms with Crippen LogP contribution >= 0.6 is 35.1 Å². The minimum Gasteiger partial charge on any atom is -0.337 e. The van der Waals surface area contributed by atoms with Crippen molar-refractivity contribution in [2.24, 2.45) is 4.99 Å². The fraction of sp³-hybridized carbons (Fsp3) is 0.0833. The number of rotatable bonds is 2. The van der Waals surface area contributed by atoms with Gasteiger partial charge in [-0.1, -0.05) is 35.5 Å². The monoisotopic (exact) mass is 481 g/mol. The molecule has 32 heavy (non-hydrogen) atoms. The normalized spacial score (nSPS) is 19.2. The number of amidine groups is 1. The van der Waals surface area contributed by atoms with Crippen molar-refractivity contribution in [1.29, 1.82) is 0 Å². The average molecular weight is 482 g/mol. The standard InChI is InChI=1S/C24H17ClFN3OS2/c1-14-4-3-5-18(12-14)29-22(30)21(32-24(29)27-17-9-7-16(26)8-10-17)23-28(2)19-13-15(25)6-11-20(19)31-23/h3-13H,1-2H3/b23-21-,27-24?. The van der Waals surface area contributed by atoms with Gasteiger partial charge in [-0.3, -0.25) is 9.69 Å². The van der Waals surface area contributed by atoms with Gasteiger partial charge >= 0.3 is 0 Å². The molecule has 0 atom stereocenters. The molecule has 0 radical (unpaired) electrons. The van der Waals surface area contributed by atoms with E-state index >= 15 is 0 Å². The van der Waals surface area contributed by atoms with Crippen molar-refractivity contribution in [2.75, 3.05) is 16.8 Å². The minimum atomic E-state index is -0.331. The van der Waals surface area contributed by atoms with Gasteiger partial charge < -0.3 is 4.90 Å². The van der Waals surface area contributed by atoms with Crippen LogP contribution in [0, 0.1) is 12.7 Å². The molecule has 0 saturated carbocycles. The van der Waals surface area contributed by atoms with Crippen LogP contribution < -0.4 is 9.80 Å². The Kier molecular flexibility index (Phi) is 5.49. The Bertz CT molecular complexity index is 1310. The third-order valence-electron chi connectivity index (χ3n) is 5.08. The maximum Gasteiger partial charge on any atom is 0.274 e. The summed E-state index contributed by atoms with van der Waals surface area (Å²) in [4.78, 5) is 23.6. The maximum absolute atomic E-state index is 13.7. The number of fused-ring (bicyclic) bond motifs is 1. The van der Waals surface area contributed by atoms with E-state index < -0.39 is 0 Å². The van der Waals surface area contributed by atoms with Crippen molar-refractivity contribution in [3.8, 4) is 0 Å². The lowest BCUT2D eigenvalue weighted by molar-refractivity contribution is -0.113. The summed E-state index contributed by atoms with van der Waals surface area (Å²) < 4.78 is 13.4. The van der Waals surface area contributed by atoms with Crippen molar-refractivity contribution >= 4 is 63.3 Å². The Balaban J connectivity index is 1.61. The molecule has 8 heteroatoms. The molecule has 3 aromatic rings. The van der Waals surface area contributed by atoms with Gasteiger partial charge in [0.25, 0.3) is 5.91 Å². The third kappa shape index (κ3) is 3.81. The Morgan fingerprint density at radius 1 is 1.00 bits per heavy atom. The predicted molar refractivity (Wildman–Crippen MR) is 132 cm³/mol. The van der Waals surface area contributed by atoms with Gasteiger partial charge in [-0.2, -0.15) is 0 Å². The summed E-state index contributed by atoms with van der Waals surface area (Å²) in [5.74, 6) is -0.474. The summed E-state index contributed by atoms with van der Waals surface area (Å²) in [5, 5.41) is 2.00. The molecule has 5 rings (SSSR count). The van der Waals surface area contributed by atoms with Crippen LogP contribution in [0.5, 0.6) is 0 Å².